The number of thiocarbonyl (C=S) groups is 1. The van der Waals surface area contributed by atoms with Gasteiger partial charge in [-0.15, -0.1) is 0 Å². The number of nitrogens with two attached hydrogens (primary N) is 2. The molecule has 0 amide bonds. The van der Waals surface area contributed by atoms with E-state index in [1.807, 2.05) is 5.43 Å². The van der Waals surface area contributed by atoms with Crippen molar-refractivity contribution in [2.75, 3.05) is 0 Å². The van der Waals surface area contributed by atoms with Crippen molar-refractivity contribution >= 4 is 46.9 Å². The van der Waals surface area contributed by atoms with Gasteiger partial charge in [0.25, 0.3) is 0 Å². The molecule has 5 heteroatoms. The molecule has 0 radical (unpaired) electrons. The molecule has 0 heterocycles. The van der Waals surface area contributed by atoms with Crippen LogP contribution in [0.2, 0.25) is 0 Å². The molecule has 0 rings (SSSR count). The van der Waals surface area contributed by atoms with Crippen LogP contribution in [0.3, 0.4) is 0 Å². The van der Waals surface area contributed by atoms with Crippen LogP contribution in [-0.2, 0) is 0 Å². The molecule has 0 aliphatic carbocycles. The summed E-state index contributed by atoms with van der Waals surface area (Å²) < 4.78 is 0. The van der Waals surface area contributed by atoms with Crippen molar-refractivity contribution < 1.29 is 0 Å². The Morgan fingerprint density at radius 2 is 1.83 bits per heavy atom. The first-order chi connectivity index (χ1) is 2.27. The molecule has 0 saturated heterocycles. The van der Waals surface area contributed by atoms with Crippen LogP contribution in [0.15, 0.2) is 0 Å². The summed E-state index contributed by atoms with van der Waals surface area (Å²) in [5.41, 5.74) is 6.82. The molecule has 3 nitrogen and oxygen atoms in total. The second-order valence-corrected chi connectivity index (χ2v) is 0.948. The summed E-state index contributed by atoms with van der Waals surface area (Å²) >= 11 is 4.24. The molecule has 0 aliphatic heterocycles. The molecule has 0 aromatic carbocycles. The summed E-state index contributed by atoms with van der Waals surface area (Å²) in [6.07, 6.45) is 0. The third-order valence-corrected chi connectivity index (χ3v) is 0.260. The van der Waals surface area contributed by atoms with Gasteiger partial charge in [-0.25, -0.2) is 5.84 Å². The Bertz CT molecular complexity index is 46.1. The first-order valence-corrected chi connectivity index (χ1v) is 1.44. The molecule has 0 atom stereocenters. The van der Waals surface area contributed by atoms with Crippen molar-refractivity contribution in [3.8, 4) is 0 Å². The van der Waals surface area contributed by atoms with Crippen LogP contribution in [0, 0.1) is 0 Å². The maximum atomic E-state index is 4.79. The van der Waals surface area contributed by atoms with Gasteiger partial charge in [0.15, 0.2) is 5.11 Å². The van der Waals surface area contributed by atoms with Crippen molar-refractivity contribution in [2.24, 2.45) is 11.6 Å². The molecule has 0 saturated carbocycles. The molecular formula is CH6N3NaS. The molecule has 0 unspecified atom stereocenters. The van der Waals surface area contributed by atoms with Gasteiger partial charge in [-0.2, -0.15) is 0 Å². The van der Waals surface area contributed by atoms with E-state index in [9.17, 15) is 0 Å². The van der Waals surface area contributed by atoms with E-state index in [0.29, 0.717) is 0 Å². The number of hydrogen-bond donors (Lipinski definition) is 3. The van der Waals surface area contributed by atoms with Gasteiger partial charge in [-0.05, 0) is 12.2 Å². The van der Waals surface area contributed by atoms with E-state index in [4.69, 9.17) is 5.73 Å². The first kappa shape index (κ1) is 9.82. The normalized spacial score (nSPS) is 5.50. The Morgan fingerprint density at radius 1 is 1.67 bits per heavy atom. The minimum atomic E-state index is 0. The monoisotopic (exact) mass is 115 g/mol. The molecular weight excluding hydrogens is 109 g/mol. The Labute approximate surface area is 63.7 Å². The number of nitrogens with one attached hydrogen (secondary N) is 1. The summed E-state index contributed by atoms with van der Waals surface area (Å²) in [6, 6.07) is 0. The van der Waals surface area contributed by atoms with Crippen LogP contribution >= 0.6 is 12.2 Å². The SMILES string of the molecule is NNC(N)=S.[NaH]. The van der Waals surface area contributed by atoms with Crippen LogP contribution in [0.5, 0.6) is 0 Å². The van der Waals surface area contributed by atoms with E-state index in [2.05, 4.69) is 18.1 Å². The van der Waals surface area contributed by atoms with Crippen molar-refractivity contribution in [1.29, 1.82) is 0 Å². The van der Waals surface area contributed by atoms with E-state index in [-0.39, 0.29) is 34.7 Å². The van der Waals surface area contributed by atoms with Crippen LogP contribution < -0.4 is 17.0 Å². The molecule has 0 fully saturated rings. The Kier molecular flexibility index (Phi) is 9.25. The molecule has 6 heavy (non-hydrogen) atoms. The Morgan fingerprint density at radius 3 is 1.83 bits per heavy atom. The number of hydrogen-bond acceptors (Lipinski definition) is 2. The van der Waals surface area contributed by atoms with Crippen LogP contribution in [0.4, 0.5) is 0 Å². The van der Waals surface area contributed by atoms with E-state index in [1.54, 1.807) is 0 Å². The second kappa shape index (κ2) is 5.65. The van der Waals surface area contributed by atoms with Gasteiger partial charge in [0.2, 0.25) is 0 Å². The zero-order valence-corrected chi connectivity index (χ0v) is 3.38. The molecule has 0 aromatic heterocycles. The zero-order chi connectivity index (χ0) is 4.28. The number of hydrazine groups is 1. The average molecular weight is 115 g/mol. The average Bonchev–Trinajstić information content (AvgIpc) is 1.38. The second-order valence-electron chi connectivity index (χ2n) is 0.509. The van der Waals surface area contributed by atoms with Crippen molar-refractivity contribution in [2.45, 2.75) is 0 Å². The van der Waals surface area contributed by atoms with Crippen LogP contribution in [0.1, 0.15) is 0 Å². The fraction of sp³-hybridized carbons (Fsp3) is 0. The predicted octanol–water partition coefficient (Wildman–Crippen LogP) is -1.96. The fourth-order valence-corrected chi connectivity index (χ4v) is 0. The molecule has 0 spiro atoms. The zero-order valence-electron chi connectivity index (χ0n) is 2.56. The quantitative estimate of drug-likeness (QED) is 0.148. The Hall–Kier alpha value is 0.650. The van der Waals surface area contributed by atoms with Gasteiger partial charge >= 0.3 is 29.6 Å². The third-order valence-electron chi connectivity index (χ3n) is 0.142. The fourth-order valence-electron chi connectivity index (χ4n) is 0. The maximum absolute atomic E-state index is 4.79. The summed E-state index contributed by atoms with van der Waals surface area (Å²) in [5.74, 6) is 4.66. The van der Waals surface area contributed by atoms with E-state index in [1.165, 1.54) is 0 Å². The van der Waals surface area contributed by atoms with Crippen LogP contribution in [0.25, 0.3) is 0 Å². The topological polar surface area (TPSA) is 64.1 Å². The van der Waals surface area contributed by atoms with Gasteiger partial charge < -0.3 is 11.2 Å². The minimum absolute atomic E-state index is 0. The molecule has 0 aliphatic rings. The standard InChI is InChI=1S/CH5N3S.Na.H/c2-1(5)4-3;;/h3H2,(H3,2,4,5);;. The van der Waals surface area contributed by atoms with Gasteiger partial charge in [0.1, 0.15) is 0 Å². The molecule has 5 N–H and O–H groups in total. The van der Waals surface area contributed by atoms with Gasteiger partial charge in [-0.3, -0.25) is 0 Å². The van der Waals surface area contributed by atoms with Gasteiger partial charge in [-0.1, -0.05) is 0 Å². The van der Waals surface area contributed by atoms with Gasteiger partial charge in [0, 0.05) is 0 Å². The Balaban J connectivity index is 0. The molecule has 0 aromatic rings. The predicted molar refractivity (Wildman–Crippen MR) is 31.3 cm³/mol. The first-order valence-electron chi connectivity index (χ1n) is 1.03. The third kappa shape index (κ3) is 8.82. The summed E-state index contributed by atoms with van der Waals surface area (Å²) in [6.45, 7) is 0. The van der Waals surface area contributed by atoms with Crippen LogP contribution in [-0.4, -0.2) is 34.7 Å². The molecule has 0 bridgehead atoms. The molecule has 32 valence electrons. The summed E-state index contributed by atoms with van der Waals surface area (Å²) in [4.78, 5) is 0. The van der Waals surface area contributed by atoms with Gasteiger partial charge in [0.05, 0.1) is 0 Å². The summed E-state index contributed by atoms with van der Waals surface area (Å²) in [7, 11) is 0. The summed E-state index contributed by atoms with van der Waals surface area (Å²) in [5, 5.41) is 0.116. The van der Waals surface area contributed by atoms with E-state index >= 15 is 0 Å². The van der Waals surface area contributed by atoms with E-state index < -0.39 is 0 Å². The van der Waals surface area contributed by atoms with Crippen molar-refractivity contribution in [3.63, 3.8) is 0 Å². The van der Waals surface area contributed by atoms with Crippen molar-refractivity contribution in [3.05, 3.63) is 0 Å². The van der Waals surface area contributed by atoms with E-state index in [0.717, 1.165) is 0 Å². The number of rotatable bonds is 0. The van der Waals surface area contributed by atoms with Crippen molar-refractivity contribution in [1.82, 2.24) is 5.43 Å².